The maximum absolute atomic E-state index is 12.6. The molecule has 2 N–H and O–H groups in total. The number of rotatable bonds is 7. The Balaban J connectivity index is 1.85. The molecule has 0 radical (unpaired) electrons. The number of carbonyl (C=O) groups is 1. The molecule has 1 heterocycles. The van der Waals surface area contributed by atoms with Crippen molar-refractivity contribution in [3.63, 3.8) is 0 Å². The molecule has 1 amide bonds. The highest BCUT2D eigenvalue weighted by atomic mass is 16.5. The van der Waals surface area contributed by atoms with E-state index < -0.39 is 0 Å². The van der Waals surface area contributed by atoms with Crippen LogP contribution in [0.1, 0.15) is 33.1 Å². The van der Waals surface area contributed by atoms with Crippen molar-refractivity contribution in [1.29, 1.82) is 0 Å². The van der Waals surface area contributed by atoms with Gasteiger partial charge in [0.15, 0.2) is 11.5 Å². The molecule has 5 heteroatoms. The largest absolute Gasteiger partial charge is 0.493 e. The van der Waals surface area contributed by atoms with Gasteiger partial charge in [0.2, 0.25) is 0 Å². The second-order valence-corrected chi connectivity index (χ2v) is 7.19. The van der Waals surface area contributed by atoms with Crippen molar-refractivity contribution in [2.45, 2.75) is 19.4 Å². The lowest BCUT2D eigenvalue weighted by atomic mass is 9.91. The number of aryl methyl sites for hydroxylation is 1. The molecule has 0 aromatic heterocycles. The molecule has 5 nitrogen and oxygen atoms in total. The zero-order chi connectivity index (χ0) is 20.1. The predicted octanol–water partition coefficient (Wildman–Crippen LogP) is 2.11. The number of hydrogen-bond donors (Lipinski definition) is 2. The first-order chi connectivity index (χ1) is 13.6. The highest BCUT2D eigenvalue weighted by molar-refractivity contribution is 5.94. The van der Waals surface area contributed by atoms with E-state index >= 15 is 0 Å². The maximum atomic E-state index is 12.6. The van der Waals surface area contributed by atoms with Crippen LogP contribution < -0.4 is 19.7 Å². The summed E-state index contributed by atoms with van der Waals surface area (Å²) in [5, 5.41) is 3.12. The lowest BCUT2D eigenvalue weighted by molar-refractivity contribution is -0.927. The van der Waals surface area contributed by atoms with Gasteiger partial charge in [-0.05, 0) is 42.8 Å². The van der Waals surface area contributed by atoms with Gasteiger partial charge in [-0.1, -0.05) is 24.3 Å². The molecule has 1 unspecified atom stereocenters. The summed E-state index contributed by atoms with van der Waals surface area (Å²) < 4.78 is 11.0. The van der Waals surface area contributed by atoms with Crippen molar-refractivity contribution in [1.82, 2.24) is 5.32 Å². The molecule has 0 bridgehead atoms. The van der Waals surface area contributed by atoms with Crippen LogP contribution in [0.4, 0.5) is 0 Å². The molecule has 1 aliphatic heterocycles. The molecule has 0 saturated heterocycles. The Morgan fingerprint density at radius 1 is 1.21 bits per heavy atom. The second-order valence-electron chi connectivity index (χ2n) is 7.19. The van der Waals surface area contributed by atoms with Crippen molar-refractivity contribution in [2.24, 2.45) is 0 Å². The molecule has 2 atom stereocenters. The van der Waals surface area contributed by atoms with E-state index in [4.69, 9.17) is 9.47 Å². The van der Waals surface area contributed by atoms with E-state index in [1.165, 1.54) is 16.0 Å². The van der Waals surface area contributed by atoms with Gasteiger partial charge in [-0.3, -0.25) is 4.79 Å². The van der Waals surface area contributed by atoms with Gasteiger partial charge in [-0.15, -0.1) is 0 Å². The minimum absolute atomic E-state index is 0.0504. The first-order valence-corrected chi connectivity index (χ1v) is 9.62. The number of ether oxygens (including phenoxy) is 2. The van der Waals surface area contributed by atoms with Crippen molar-refractivity contribution in [3.05, 3.63) is 71.3 Å². The Morgan fingerprint density at radius 2 is 1.89 bits per heavy atom. The number of methoxy groups -OCH3 is 2. The van der Waals surface area contributed by atoms with Gasteiger partial charge >= 0.3 is 0 Å². The summed E-state index contributed by atoms with van der Waals surface area (Å²) in [5.74, 6) is 1.41. The minimum Gasteiger partial charge on any atom is -0.493 e. The number of fused-ring (bicyclic) bond motifs is 1. The van der Waals surface area contributed by atoms with E-state index in [-0.39, 0.29) is 11.9 Å². The number of quaternary nitrogens is 1. The zero-order valence-electron chi connectivity index (χ0n) is 16.9. The first kappa shape index (κ1) is 20.0. The van der Waals surface area contributed by atoms with E-state index in [9.17, 15) is 4.79 Å². The highest BCUT2D eigenvalue weighted by Gasteiger charge is 2.32. The highest BCUT2D eigenvalue weighted by Crippen LogP contribution is 2.34. The van der Waals surface area contributed by atoms with Crippen LogP contribution in [0.2, 0.25) is 0 Å². The summed E-state index contributed by atoms with van der Waals surface area (Å²) in [6, 6.07) is 11.9. The Bertz CT molecular complexity index is 846. The smallest absolute Gasteiger partial charge is 0.251 e. The van der Waals surface area contributed by atoms with Crippen molar-refractivity contribution < 1.29 is 19.2 Å². The number of hydrogen-bond acceptors (Lipinski definition) is 3. The molecule has 28 heavy (non-hydrogen) atoms. The predicted molar refractivity (Wildman–Crippen MR) is 110 cm³/mol. The standard InChI is InChI=1S/C23H28N2O3/c1-5-11-25-12-10-18-13-21(27-3)22(28-4)14-19(18)20(25)15-24-23(26)17-8-6-16(2)7-9-17/h5-9,13-14,20H,1,10-12,15H2,2-4H3,(H,24,26)/p+1/t20-/m1/s1. The quantitative estimate of drug-likeness (QED) is 0.723. The van der Waals surface area contributed by atoms with Gasteiger partial charge in [0.1, 0.15) is 6.04 Å². The first-order valence-electron chi connectivity index (χ1n) is 9.62. The fourth-order valence-electron chi connectivity index (χ4n) is 3.85. The molecular weight excluding hydrogens is 352 g/mol. The third kappa shape index (κ3) is 4.20. The lowest BCUT2D eigenvalue weighted by Crippen LogP contribution is -3.13. The average molecular weight is 381 g/mol. The molecular formula is C23H29N2O3+. The van der Waals surface area contributed by atoms with Gasteiger partial charge in [-0.25, -0.2) is 0 Å². The summed E-state index contributed by atoms with van der Waals surface area (Å²) in [7, 11) is 3.30. The summed E-state index contributed by atoms with van der Waals surface area (Å²) in [4.78, 5) is 14.0. The van der Waals surface area contributed by atoms with Crippen molar-refractivity contribution in [2.75, 3.05) is 33.9 Å². The molecule has 2 aromatic rings. The number of benzene rings is 2. The van der Waals surface area contributed by atoms with E-state index in [1.807, 2.05) is 37.3 Å². The molecule has 0 saturated carbocycles. The normalized spacial score (nSPS) is 18.1. The van der Waals surface area contributed by atoms with Gasteiger partial charge in [0.05, 0.1) is 33.9 Å². The van der Waals surface area contributed by atoms with Crippen LogP contribution in [-0.4, -0.2) is 39.8 Å². The fourth-order valence-corrected chi connectivity index (χ4v) is 3.85. The van der Waals surface area contributed by atoms with E-state index in [0.29, 0.717) is 12.1 Å². The van der Waals surface area contributed by atoms with E-state index in [2.05, 4.69) is 24.0 Å². The number of amides is 1. The summed E-state index contributed by atoms with van der Waals surface area (Å²) in [5.41, 5.74) is 4.27. The molecule has 0 aliphatic carbocycles. The Hall–Kier alpha value is -2.79. The third-order valence-electron chi connectivity index (χ3n) is 5.42. The molecule has 2 aromatic carbocycles. The SMILES string of the molecule is C=CC[NH+]1CCc2cc(OC)c(OC)cc2[C@H]1CNC(=O)c1ccc(C)cc1. The molecule has 0 spiro atoms. The van der Waals surface area contributed by atoms with Crippen LogP contribution in [-0.2, 0) is 6.42 Å². The van der Waals surface area contributed by atoms with Gasteiger partial charge < -0.3 is 19.7 Å². The van der Waals surface area contributed by atoms with Crippen LogP contribution in [0.5, 0.6) is 11.5 Å². The number of nitrogens with one attached hydrogen (secondary N) is 2. The summed E-state index contributed by atoms with van der Waals surface area (Å²) >= 11 is 0. The van der Waals surface area contributed by atoms with Crippen LogP contribution >= 0.6 is 0 Å². The van der Waals surface area contributed by atoms with Gasteiger partial charge in [-0.2, -0.15) is 0 Å². The van der Waals surface area contributed by atoms with Crippen molar-refractivity contribution >= 4 is 5.91 Å². The van der Waals surface area contributed by atoms with Gasteiger partial charge in [0.25, 0.3) is 5.91 Å². The van der Waals surface area contributed by atoms with Crippen molar-refractivity contribution in [3.8, 4) is 11.5 Å². The number of carbonyl (C=O) groups excluding carboxylic acids is 1. The Kier molecular flexibility index (Phi) is 6.37. The lowest BCUT2D eigenvalue weighted by Gasteiger charge is -2.34. The van der Waals surface area contributed by atoms with Crippen LogP contribution in [0, 0.1) is 6.92 Å². The fraction of sp³-hybridized carbons (Fsp3) is 0.348. The average Bonchev–Trinajstić information content (AvgIpc) is 2.72. The topological polar surface area (TPSA) is 52.0 Å². The Labute approximate surface area is 167 Å². The van der Waals surface area contributed by atoms with Crippen LogP contribution in [0.3, 0.4) is 0 Å². The third-order valence-corrected chi connectivity index (χ3v) is 5.42. The monoisotopic (exact) mass is 381 g/mol. The van der Waals surface area contributed by atoms with E-state index in [1.54, 1.807) is 14.2 Å². The Morgan fingerprint density at radius 3 is 2.54 bits per heavy atom. The second kappa shape index (κ2) is 8.93. The van der Waals surface area contributed by atoms with Crippen LogP contribution in [0.15, 0.2) is 49.1 Å². The van der Waals surface area contributed by atoms with Gasteiger partial charge in [0, 0.05) is 17.5 Å². The molecule has 1 aliphatic rings. The molecule has 148 valence electrons. The molecule has 0 fully saturated rings. The summed E-state index contributed by atoms with van der Waals surface area (Å²) in [6.45, 7) is 8.30. The zero-order valence-corrected chi connectivity index (χ0v) is 16.9. The summed E-state index contributed by atoms with van der Waals surface area (Å²) in [6.07, 6.45) is 2.90. The van der Waals surface area contributed by atoms with Crippen LogP contribution in [0.25, 0.3) is 0 Å². The van der Waals surface area contributed by atoms with E-state index in [0.717, 1.165) is 36.6 Å². The molecule has 3 rings (SSSR count). The maximum Gasteiger partial charge on any atom is 0.251 e. The minimum atomic E-state index is -0.0504.